The molecule has 0 aromatic rings. The lowest BCUT2D eigenvalue weighted by Crippen LogP contribution is -2.42. The standard InChI is InChI=1S/C12H24O3/c1-7-10(13)9(4)12(5,6)15-11(14)8(2)3/h8-10,13H,7H2,1-6H3. The fourth-order valence-corrected chi connectivity index (χ4v) is 1.29. The highest BCUT2D eigenvalue weighted by atomic mass is 16.6. The van der Waals surface area contributed by atoms with Crippen molar-refractivity contribution < 1.29 is 14.6 Å². The number of esters is 1. The van der Waals surface area contributed by atoms with Crippen LogP contribution in [0.3, 0.4) is 0 Å². The van der Waals surface area contributed by atoms with Crippen molar-refractivity contribution in [2.75, 3.05) is 0 Å². The minimum absolute atomic E-state index is 0.0646. The lowest BCUT2D eigenvalue weighted by atomic mass is 9.86. The van der Waals surface area contributed by atoms with Gasteiger partial charge in [0.05, 0.1) is 12.0 Å². The molecule has 0 radical (unpaired) electrons. The molecule has 0 aliphatic heterocycles. The average molecular weight is 216 g/mol. The highest BCUT2D eigenvalue weighted by molar-refractivity contribution is 5.72. The largest absolute Gasteiger partial charge is 0.459 e. The van der Waals surface area contributed by atoms with Crippen LogP contribution < -0.4 is 0 Å². The Hall–Kier alpha value is -0.570. The molecule has 0 bridgehead atoms. The van der Waals surface area contributed by atoms with Gasteiger partial charge in [0.15, 0.2) is 0 Å². The molecule has 3 heteroatoms. The minimum atomic E-state index is -0.614. The van der Waals surface area contributed by atoms with Gasteiger partial charge in [0.1, 0.15) is 5.60 Å². The summed E-state index contributed by atoms with van der Waals surface area (Å²) in [6.07, 6.45) is 0.240. The van der Waals surface area contributed by atoms with Gasteiger partial charge in [-0.3, -0.25) is 4.79 Å². The third kappa shape index (κ3) is 4.20. The number of ether oxygens (including phenoxy) is 1. The molecule has 3 nitrogen and oxygen atoms in total. The molecule has 0 amide bonds. The van der Waals surface area contributed by atoms with Crippen molar-refractivity contribution in [3.63, 3.8) is 0 Å². The molecule has 0 saturated heterocycles. The predicted octanol–water partition coefficient (Wildman–Crippen LogP) is 2.37. The number of carbonyl (C=O) groups excluding carboxylic acids is 1. The molecule has 90 valence electrons. The van der Waals surface area contributed by atoms with Gasteiger partial charge in [0.25, 0.3) is 0 Å². The summed E-state index contributed by atoms with van der Waals surface area (Å²) in [5, 5.41) is 9.72. The van der Waals surface area contributed by atoms with Gasteiger partial charge in [-0.2, -0.15) is 0 Å². The van der Waals surface area contributed by atoms with Crippen LogP contribution in [-0.2, 0) is 9.53 Å². The van der Waals surface area contributed by atoms with Crippen LogP contribution in [0.4, 0.5) is 0 Å². The summed E-state index contributed by atoms with van der Waals surface area (Å²) in [5.41, 5.74) is -0.614. The van der Waals surface area contributed by atoms with Crippen molar-refractivity contribution in [3.8, 4) is 0 Å². The average Bonchev–Trinajstić information content (AvgIpc) is 2.14. The van der Waals surface area contributed by atoms with E-state index in [1.807, 2.05) is 27.7 Å². The van der Waals surface area contributed by atoms with E-state index in [0.29, 0.717) is 6.42 Å². The highest BCUT2D eigenvalue weighted by Gasteiger charge is 2.34. The van der Waals surface area contributed by atoms with Gasteiger partial charge in [-0.15, -0.1) is 0 Å². The second-order valence-electron chi connectivity index (χ2n) is 4.94. The van der Waals surface area contributed by atoms with Crippen molar-refractivity contribution in [1.29, 1.82) is 0 Å². The molecule has 2 atom stereocenters. The van der Waals surface area contributed by atoms with E-state index in [0.717, 1.165) is 0 Å². The van der Waals surface area contributed by atoms with Crippen molar-refractivity contribution in [1.82, 2.24) is 0 Å². The smallest absolute Gasteiger partial charge is 0.308 e. The lowest BCUT2D eigenvalue weighted by molar-refractivity contribution is -0.169. The fraction of sp³-hybridized carbons (Fsp3) is 0.917. The Morgan fingerprint density at radius 3 is 2.13 bits per heavy atom. The molecule has 0 spiro atoms. The molecule has 0 aromatic carbocycles. The van der Waals surface area contributed by atoms with Gasteiger partial charge in [0, 0.05) is 5.92 Å². The Bertz CT molecular complexity index is 209. The van der Waals surface area contributed by atoms with Crippen LogP contribution in [0, 0.1) is 11.8 Å². The van der Waals surface area contributed by atoms with Crippen LogP contribution >= 0.6 is 0 Å². The monoisotopic (exact) mass is 216 g/mol. The molecule has 15 heavy (non-hydrogen) atoms. The number of aliphatic hydroxyl groups excluding tert-OH is 1. The van der Waals surface area contributed by atoms with Gasteiger partial charge in [0.2, 0.25) is 0 Å². The Morgan fingerprint density at radius 1 is 1.33 bits per heavy atom. The summed E-state index contributed by atoms with van der Waals surface area (Å²) in [6, 6.07) is 0. The molecule has 1 N–H and O–H groups in total. The molecule has 0 rings (SSSR count). The van der Waals surface area contributed by atoms with E-state index in [1.54, 1.807) is 13.8 Å². The molecule has 0 aromatic heterocycles. The van der Waals surface area contributed by atoms with E-state index in [2.05, 4.69) is 0 Å². The number of hydrogen-bond acceptors (Lipinski definition) is 3. The molecule has 0 fully saturated rings. The zero-order valence-electron chi connectivity index (χ0n) is 10.7. The third-order valence-corrected chi connectivity index (χ3v) is 2.93. The molecule has 2 unspecified atom stereocenters. The molecule has 0 saturated carbocycles. The molecule has 0 heterocycles. The topological polar surface area (TPSA) is 46.5 Å². The maximum atomic E-state index is 11.5. The van der Waals surface area contributed by atoms with Gasteiger partial charge < -0.3 is 9.84 Å². The van der Waals surface area contributed by atoms with Crippen LogP contribution in [0.1, 0.15) is 48.0 Å². The van der Waals surface area contributed by atoms with E-state index in [4.69, 9.17) is 4.74 Å². The first-order valence-corrected chi connectivity index (χ1v) is 5.63. The van der Waals surface area contributed by atoms with Gasteiger partial charge >= 0.3 is 5.97 Å². The summed E-state index contributed by atoms with van der Waals surface area (Å²) in [7, 11) is 0. The quantitative estimate of drug-likeness (QED) is 0.718. The summed E-state index contributed by atoms with van der Waals surface area (Å²) >= 11 is 0. The van der Waals surface area contributed by atoms with Gasteiger partial charge in [-0.25, -0.2) is 0 Å². The van der Waals surface area contributed by atoms with Crippen LogP contribution in [0.25, 0.3) is 0 Å². The number of rotatable bonds is 5. The van der Waals surface area contributed by atoms with Crippen LogP contribution in [0.15, 0.2) is 0 Å². The Kier molecular flexibility index (Phi) is 5.29. The van der Waals surface area contributed by atoms with E-state index < -0.39 is 11.7 Å². The normalized spacial score (nSPS) is 16.3. The molecular weight excluding hydrogens is 192 g/mol. The molecular formula is C12H24O3. The zero-order chi connectivity index (χ0) is 12.2. The summed E-state index contributed by atoms with van der Waals surface area (Å²) in [5.74, 6) is -0.407. The van der Waals surface area contributed by atoms with Gasteiger partial charge in [-0.1, -0.05) is 27.7 Å². The molecule has 0 aliphatic carbocycles. The minimum Gasteiger partial charge on any atom is -0.459 e. The van der Waals surface area contributed by atoms with Crippen molar-refractivity contribution in [2.45, 2.75) is 59.7 Å². The van der Waals surface area contributed by atoms with Crippen molar-refractivity contribution in [2.24, 2.45) is 11.8 Å². The summed E-state index contributed by atoms with van der Waals surface area (Å²) in [6.45, 7) is 11.1. The van der Waals surface area contributed by atoms with E-state index in [-0.39, 0.29) is 17.8 Å². The van der Waals surface area contributed by atoms with E-state index >= 15 is 0 Å². The van der Waals surface area contributed by atoms with Crippen molar-refractivity contribution in [3.05, 3.63) is 0 Å². The van der Waals surface area contributed by atoms with Crippen LogP contribution in [-0.4, -0.2) is 22.8 Å². The van der Waals surface area contributed by atoms with Crippen LogP contribution in [0.5, 0.6) is 0 Å². The SMILES string of the molecule is CCC(O)C(C)C(C)(C)OC(=O)C(C)C. The van der Waals surface area contributed by atoms with Crippen molar-refractivity contribution >= 4 is 5.97 Å². The predicted molar refractivity (Wildman–Crippen MR) is 60.5 cm³/mol. The number of aliphatic hydroxyl groups is 1. The molecule has 0 aliphatic rings. The number of hydrogen-bond donors (Lipinski definition) is 1. The summed E-state index contributed by atoms with van der Waals surface area (Å²) < 4.78 is 5.39. The maximum Gasteiger partial charge on any atom is 0.308 e. The Morgan fingerprint density at radius 2 is 1.80 bits per heavy atom. The fourth-order valence-electron chi connectivity index (χ4n) is 1.29. The maximum absolute atomic E-state index is 11.5. The van der Waals surface area contributed by atoms with Crippen LogP contribution in [0.2, 0.25) is 0 Å². The second-order valence-corrected chi connectivity index (χ2v) is 4.94. The van der Waals surface area contributed by atoms with Gasteiger partial charge in [-0.05, 0) is 20.3 Å². The first-order valence-electron chi connectivity index (χ1n) is 5.63. The highest BCUT2D eigenvalue weighted by Crippen LogP contribution is 2.26. The summed E-state index contributed by atoms with van der Waals surface area (Å²) in [4.78, 5) is 11.5. The first kappa shape index (κ1) is 14.4. The number of carbonyl (C=O) groups is 1. The Labute approximate surface area is 92.8 Å². The zero-order valence-corrected chi connectivity index (χ0v) is 10.7. The van der Waals surface area contributed by atoms with E-state index in [1.165, 1.54) is 0 Å². The third-order valence-electron chi connectivity index (χ3n) is 2.93. The lowest BCUT2D eigenvalue weighted by Gasteiger charge is -2.34. The first-order chi connectivity index (χ1) is 6.72. The second kappa shape index (κ2) is 5.50. The van der Waals surface area contributed by atoms with E-state index in [9.17, 15) is 9.90 Å². The Balaban J connectivity index is 4.47.